The van der Waals surface area contributed by atoms with Gasteiger partial charge in [0.25, 0.3) is 0 Å². The number of rotatable bonds is 6. The first-order valence-electron chi connectivity index (χ1n) is 8.78. The monoisotopic (exact) mass is 367 g/mol. The van der Waals surface area contributed by atoms with E-state index < -0.39 is 21.8 Å². The van der Waals surface area contributed by atoms with Crippen molar-refractivity contribution in [3.63, 3.8) is 0 Å². The van der Waals surface area contributed by atoms with Crippen molar-refractivity contribution >= 4 is 15.8 Å². The number of fused-ring (bicyclic) bond motifs is 1. The normalized spacial score (nSPS) is 27.0. The molecule has 138 valence electrons. The van der Waals surface area contributed by atoms with E-state index in [0.717, 1.165) is 31.9 Å². The van der Waals surface area contributed by atoms with E-state index in [1.807, 2.05) is 0 Å². The molecule has 1 aliphatic heterocycles. The molecule has 25 heavy (non-hydrogen) atoms. The Labute approximate surface area is 148 Å². The van der Waals surface area contributed by atoms with Crippen LogP contribution in [0.3, 0.4) is 0 Å². The summed E-state index contributed by atoms with van der Waals surface area (Å²) < 4.78 is 28.9. The number of ether oxygens (including phenoxy) is 1. The van der Waals surface area contributed by atoms with E-state index >= 15 is 0 Å². The van der Waals surface area contributed by atoms with Gasteiger partial charge in [-0.15, -0.1) is 0 Å². The van der Waals surface area contributed by atoms with Gasteiger partial charge in [0.15, 0.2) is 9.84 Å². The summed E-state index contributed by atoms with van der Waals surface area (Å²) in [6.45, 7) is 0.890. The van der Waals surface area contributed by atoms with Crippen molar-refractivity contribution in [1.82, 2.24) is 4.90 Å². The highest BCUT2D eigenvalue weighted by Crippen LogP contribution is 2.39. The molecule has 1 N–H and O–H groups in total. The van der Waals surface area contributed by atoms with Crippen molar-refractivity contribution in [2.45, 2.75) is 49.1 Å². The molecule has 7 heteroatoms. The van der Waals surface area contributed by atoms with Gasteiger partial charge in [0, 0.05) is 18.8 Å². The Balaban J connectivity index is 1.63. The van der Waals surface area contributed by atoms with Gasteiger partial charge in [0.2, 0.25) is 0 Å². The molecule has 0 aromatic heterocycles. The van der Waals surface area contributed by atoms with E-state index in [-0.39, 0.29) is 4.90 Å². The number of benzene rings is 1. The first-order valence-corrected chi connectivity index (χ1v) is 10.7. The van der Waals surface area contributed by atoms with Crippen molar-refractivity contribution in [3.05, 3.63) is 24.3 Å². The quantitative estimate of drug-likeness (QED) is 0.830. The smallest absolute Gasteiger partial charge is 0.320 e. The van der Waals surface area contributed by atoms with Crippen LogP contribution >= 0.6 is 0 Å². The highest BCUT2D eigenvalue weighted by molar-refractivity contribution is 7.90. The molecule has 2 fully saturated rings. The van der Waals surface area contributed by atoms with E-state index in [9.17, 15) is 18.3 Å². The van der Waals surface area contributed by atoms with Crippen LogP contribution in [0.15, 0.2) is 29.2 Å². The Bertz CT molecular complexity index is 733. The SMILES string of the molecule is CS(=O)(=O)c1cccc(OCCN2C(C(=O)O)CC3CCCCC32)c1. The Hall–Kier alpha value is -1.60. The van der Waals surface area contributed by atoms with Crippen LogP contribution in [0, 0.1) is 5.92 Å². The van der Waals surface area contributed by atoms with Crippen LogP contribution in [0.4, 0.5) is 0 Å². The van der Waals surface area contributed by atoms with Crippen LogP contribution < -0.4 is 4.74 Å². The zero-order chi connectivity index (χ0) is 18.0. The predicted molar refractivity (Wildman–Crippen MR) is 93.5 cm³/mol. The van der Waals surface area contributed by atoms with Gasteiger partial charge in [-0.2, -0.15) is 0 Å². The molecule has 3 unspecified atom stereocenters. The van der Waals surface area contributed by atoms with Gasteiger partial charge < -0.3 is 9.84 Å². The number of aliphatic carboxylic acids is 1. The lowest BCUT2D eigenvalue weighted by atomic mass is 9.85. The number of hydrogen-bond acceptors (Lipinski definition) is 5. The lowest BCUT2D eigenvalue weighted by molar-refractivity contribution is -0.142. The zero-order valence-electron chi connectivity index (χ0n) is 14.4. The molecule has 0 spiro atoms. The van der Waals surface area contributed by atoms with Crippen LogP contribution in [0.1, 0.15) is 32.1 Å². The minimum absolute atomic E-state index is 0.224. The van der Waals surface area contributed by atoms with Crippen molar-refractivity contribution in [1.29, 1.82) is 0 Å². The second kappa shape index (κ2) is 7.33. The largest absolute Gasteiger partial charge is 0.492 e. The second-order valence-electron chi connectivity index (χ2n) is 7.03. The number of carboxylic acid groups (broad SMARTS) is 1. The maximum absolute atomic E-state index is 11.6. The molecule has 1 aromatic carbocycles. The second-order valence-corrected chi connectivity index (χ2v) is 9.05. The summed E-state index contributed by atoms with van der Waals surface area (Å²) in [5.74, 6) is 0.214. The fourth-order valence-corrected chi connectivity index (χ4v) is 4.84. The van der Waals surface area contributed by atoms with E-state index in [1.54, 1.807) is 12.1 Å². The van der Waals surface area contributed by atoms with E-state index in [1.165, 1.54) is 18.6 Å². The third kappa shape index (κ3) is 4.15. The Morgan fingerprint density at radius 1 is 1.32 bits per heavy atom. The molecular weight excluding hydrogens is 342 g/mol. The molecule has 1 heterocycles. The standard InChI is InChI=1S/C18H25NO5S/c1-25(22,23)15-7-4-6-14(12-15)24-10-9-19-16-8-3-2-5-13(16)11-17(19)18(20)21/h4,6-7,12-13,16-17H,2-3,5,8-11H2,1H3,(H,20,21). The summed E-state index contributed by atoms with van der Waals surface area (Å²) >= 11 is 0. The van der Waals surface area contributed by atoms with Gasteiger partial charge in [-0.25, -0.2) is 8.42 Å². The lowest BCUT2D eigenvalue weighted by Gasteiger charge is -2.32. The Morgan fingerprint density at radius 2 is 2.08 bits per heavy atom. The maximum Gasteiger partial charge on any atom is 0.320 e. The molecule has 1 saturated carbocycles. The van der Waals surface area contributed by atoms with E-state index in [2.05, 4.69) is 4.90 Å². The first kappa shape index (κ1) is 18.2. The molecule has 3 atom stereocenters. The average molecular weight is 367 g/mol. The molecule has 1 saturated heterocycles. The van der Waals surface area contributed by atoms with E-state index in [0.29, 0.717) is 30.9 Å². The van der Waals surface area contributed by atoms with Gasteiger partial charge >= 0.3 is 5.97 Å². The summed E-state index contributed by atoms with van der Waals surface area (Å²) in [7, 11) is -3.27. The number of likely N-dealkylation sites (tertiary alicyclic amines) is 1. The first-order chi connectivity index (χ1) is 11.9. The van der Waals surface area contributed by atoms with Crippen molar-refractivity contribution < 1.29 is 23.1 Å². The summed E-state index contributed by atoms with van der Waals surface area (Å²) in [6.07, 6.45) is 6.40. The van der Waals surface area contributed by atoms with Crippen LogP contribution in [-0.2, 0) is 14.6 Å². The van der Waals surface area contributed by atoms with Gasteiger partial charge in [-0.1, -0.05) is 18.9 Å². The average Bonchev–Trinajstić information content (AvgIpc) is 2.94. The highest BCUT2D eigenvalue weighted by Gasteiger charge is 2.44. The summed E-state index contributed by atoms with van der Waals surface area (Å²) in [4.78, 5) is 13.9. The van der Waals surface area contributed by atoms with Gasteiger partial charge in [0.1, 0.15) is 18.4 Å². The molecule has 6 nitrogen and oxygen atoms in total. The van der Waals surface area contributed by atoms with Crippen molar-refractivity contribution in [2.24, 2.45) is 5.92 Å². The molecule has 0 bridgehead atoms. The topological polar surface area (TPSA) is 83.9 Å². The summed E-state index contributed by atoms with van der Waals surface area (Å²) in [5.41, 5.74) is 0. The molecule has 3 rings (SSSR count). The van der Waals surface area contributed by atoms with Gasteiger partial charge in [-0.3, -0.25) is 9.69 Å². The minimum Gasteiger partial charge on any atom is -0.492 e. The fourth-order valence-electron chi connectivity index (χ4n) is 4.18. The Morgan fingerprint density at radius 3 is 2.80 bits per heavy atom. The van der Waals surface area contributed by atoms with Gasteiger partial charge in [-0.05, 0) is 43.4 Å². The maximum atomic E-state index is 11.6. The number of hydrogen-bond donors (Lipinski definition) is 1. The molecule has 0 amide bonds. The third-order valence-corrected chi connectivity index (χ3v) is 6.47. The van der Waals surface area contributed by atoms with Crippen LogP contribution in [0.5, 0.6) is 5.75 Å². The van der Waals surface area contributed by atoms with E-state index in [4.69, 9.17) is 4.74 Å². The minimum atomic E-state index is -3.27. The van der Waals surface area contributed by atoms with Crippen LogP contribution in [0.2, 0.25) is 0 Å². The van der Waals surface area contributed by atoms with Crippen molar-refractivity contribution in [3.8, 4) is 5.75 Å². The molecule has 1 aliphatic carbocycles. The molecule has 0 radical (unpaired) electrons. The highest BCUT2D eigenvalue weighted by atomic mass is 32.2. The predicted octanol–water partition coefficient (Wildman–Crippen LogP) is 2.19. The summed E-state index contributed by atoms with van der Waals surface area (Å²) in [6, 6.07) is 6.32. The fraction of sp³-hybridized carbons (Fsp3) is 0.611. The Kier molecular flexibility index (Phi) is 5.34. The molecular formula is C18H25NO5S. The lowest BCUT2D eigenvalue weighted by Crippen LogP contribution is -2.44. The summed E-state index contributed by atoms with van der Waals surface area (Å²) in [5, 5.41) is 9.52. The molecule has 1 aromatic rings. The number of carboxylic acids is 1. The van der Waals surface area contributed by atoms with Gasteiger partial charge in [0.05, 0.1) is 4.90 Å². The molecule has 2 aliphatic rings. The number of nitrogens with zero attached hydrogens (tertiary/aromatic N) is 1. The van der Waals surface area contributed by atoms with Crippen molar-refractivity contribution in [2.75, 3.05) is 19.4 Å². The number of carbonyl (C=O) groups is 1. The third-order valence-electron chi connectivity index (χ3n) is 5.36. The van der Waals surface area contributed by atoms with Crippen LogP contribution in [0.25, 0.3) is 0 Å². The van der Waals surface area contributed by atoms with Crippen LogP contribution in [-0.4, -0.2) is 55.9 Å². The zero-order valence-corrected chi connectivity index (χ0v) is 15.2. The number of sulfone groups is 1.